The summed E-state index contributed by atoms with van der Waals surface area (Å²) in [6.07, 6.45) is 1.44. The van der Waals surface area contributed by atoms with E-state index in [9.17, 15) is 14.4 Å². The Bertz CT molecular complexity index is 493. The van der Waals surface area contributed by atoms with Gasteiger partial charge in [0.05, 0.1) is 6.54 Å². The zero-order valence-electron chi connectivity index (χ0n) is 9.51. The lowest BCUT2D eigenvalue weighted by molar-refractivity contribution is -0.137. The van der Waals surface area contributed by atoms with Crippen molar-refractivity contribution in [3.63, 3.8) is 0 Å². The molecule has 3 N–H and O–H groups in total. The molecule has 1 heterocycles. The summed E-state index contributed by atoms with van der Waals surface area (Å²) in [5.74, 6) is -1.10. The van der Waals surface area contributed by atoms with E-state index in [4.69, 9.17) is 5.11 Å². The van der Waals surface area contributed by atoms with Crippen molar-refractivity contribution in [3.8, 4) is 0 Å². The maximum atomic E-state index is 11.7. The van der Waals surface area contributed by atoms with E-state index in [2.05, 4.69) is 16.9 Å². The van der Waals surface area contributed by atoms with Gasteiger partial charge in [0, 0.05) is 17.6 Å². The minimum absolute atomic E-state index is 0.137. The summed E-state index contributed by atoms with van der Waals surface area (Å²) >= 11 is 0.999. The van der Waals surface area contributed by atoms with Crippen molar-refractivity contribution in [1.29, 1.82) is 0 Å². The Morgan fingerprint density at radius 1 is 1.61 bits per heavy atom. The zero-order valence-corrected chi connectivity index (χ0v) is 10.3. The van der Waals surface area contributed by atoms with Gasteiger partial charge in [-0.2, -0.15) is 0 Å². The van der Waals surface area contributed by atoms with E-state index in [-0.39, 0.29) is 18.0 Å². The predicted octanol–water partition coefficient (Wildman–Crippen LogP) is 0.219. The molecule has 1 aromatic rings. The van der Waals surface area contributed by atoms with Gasteiger partial charge in [0.1, 0.15) is 6.54 Å². The number of aromatic nitrogens is 1. The molecule has 0 radical (unpaired) electrons. The number of thiazole rings is 1. The van der Waals surface area contributed by atoms with Crippen LogP contribution in [-0.2, 0) is 11.3 Å². The number of nitrogens with zero attached hydrogens (tertiary/aromatic N) is 1. The lowest BCUT2D eigenvalue weighted by Gasteiger charge is -2.19. The van der Waals surface area contributed by atoms with E-state index in [0.29, 0.717) is 5.69 Å². The number of carboxylic acids is 1. The van der Waals surface area contributed by atoms with Crippen molar-refractivity contribution in [2.24, 2.45) is 0 Å². The number of rotatable bonds is 6. The number of amides is 2. The fourth-order valence-electron chi connectivity index (χ4n) is 1.22. The van der Waals surface area contributed by atoms with E-state index in [0.717, 1.165) is 16.2 Å². The number of carbonyl (C=O) groups excluding carboxylic acids is 1. The van der Waals surface area contributed by atoms with Gasteiger partial charge < -0.3 is 20.3 Å². The number of aliphatic carboxylic acids is 1. The first-order chi connectivity index (χ1) is 8.52. The Labute approximate surface area is 107 Å². The molecule has 0 bridgehead atoms. The highest BCUT2D eigenvalue weighted by Gasteiger charge is 2.14. The molecule has 0 aliphatic heterocycles. The van der Waals surface area contributed by atoms with E-state index in [1.165, 1.54) is 6.08 Å². The molecule has 0 fully saturated rings. The van der Waals surface area contributed by atoms with Crippen LogP contribution in [0.2, 0.25) is 0 Å². The minimum atomic E-state index is -1.10. The first-order valence-electron chi connectivity index (χ1n) is 5.05. The molecule has 2 amide bonds. The number of hydrogen-bond acceptors (Lipinski definition) is 4. The van der Waals surface area contributed by atoms with Gasteiger partial charge in [-0.05, 0) is 0 Å². The molecule has 0 saturated carbocycles. The Morgan fingerprint density at radius 2 is 2.33 bits per heavy atom. The predicted molar refractivity (Wildman–Crippen MR) is 66.6 cm³/mol. The summed E-state index contributed by atoms with van der Waals surface area (Å²) in [6.45, 7) is 3.33. The van der Waals surface area contributed by atoms with Crippen LogP contribution in [0.4, 0.5) is 4.79 Å². The standard InChI is InChI=1S/C10H13N3O4S/c1-2-3-13(5-8(14)15)9(16)11-4-7-6-18-10(17)12-7/h2,6H,1,3-5H2,(H,11,16)(H,12,17)(H,14,15). The molecule has 0 spiro atoms. The van der Waals surface area contributed by atoms with Gasteiger partial charge in [0.15, 0.2) is 0 Å². The van der Waals surface area contributed by atoms with Crippen molar-refractivity contribution < 1.29 is 14.7 Å². The molecular formula is C10H13N3O4S. The molecule has 0 aliphatic carbocycles. The van der Waals surface area contributed by atoms with Crippen LogP contribution in [0.1, 0.15) is 5.69 Å². The quantitative estimate of drug-likeness (QED) is 0.644. The lowest BCUT2D eigenvalue weighted by Crippen LogP contribution is -2.42. The number of urea groups is 1. The van der Waals surface area contributed by atoms with E-state index in [1.54, 1.807) is 5.38 Å². The molecule has 0 unspecified atom stereocenters. The van der Waals surface area contributed by atoms with Gasteiger partial charge in [-0.3, -0.25) is 9.59 Å². The highest BCUT2D eigenvalue weighted by atomic mass is 32.1. The summed E-state index contributed by atoms with van der Waals surface area (Å²) in [5, 5.41) is 12.8. The molecule has 1 aromatic heterocycles. The van der Waals surface area contributed by atoms with Gasteiger partial charge in [0.25, 0.3) is 0 Å². The molecular weight excluding hydrogens is 258 g/mol. The maximum Gasteiger partial charge on any atom is 0.323 e. The largest absolute Gasteiger partial charge is 0.480 e. The second kappa shape index (κ2) is 6.60. The Hall–Kier alpha value is -2.09. The van der Waals surface area contributed by atoms with Crippen molar-refractivity contribution in [3.05, 3.63) is 33.4 Å². The number of hydrogen-bond donors (Lipinski definition) is 3. The van der Waals surface area contributed by atoms with Gasteiger partial charge in [-0.1, -0.05) is 17.4 Å². The minimum Gasteiger partial charge on any atom is -0.480 e. The monoisotopic (exact) mass is 271 g/mol. The van der Waals surface area contributed by atoms with Crippen LogP contribution in [0.3, 0.4) is 0 Å². The van der Waals surface area contributed by atoms with E-state index < -0.39 is 18.5 Å². The van der Waals surface area contributed by atoms with Crippen LogP contribution in [0.5, 0.6) is 0 Å². The van der Waals surface area contributed by atoms with E-state index in [1.807, 2.05) is 0 Å². The molecule has 0 aromatic carbocycles. The zero-order chi connectivity index (χ0) is 13.5. The second-order valence-electron chi connectivity index (χ2n) is 3.40. The van der Waals surface area contributed by atoms with Crippen molar-refractivity contribution in [1.82, 2.24) is 15.2 Å². The van der Waals surface area contributed by atoms with Crippen LogP contribution in [0.15, 0.2) is 22.8 Å². The third-order valence-corrected chi connectivity index (χ3v) is 2.68. The Morgan fingerprint density at radius 3 is 2.83 bits per heavy atom. The molecule has 8 heteroatoms. The van der Waals surface area contributed by atoms with Crippen LogP contribution in [0, 0.1) is 0 Å². The summed E-state index contributed by atoms with van der Waals surface area (Å²) in [7, 11) is 0. The van der Waals surface area contributed by atoms with Crippen LogP contribution < -0.4 is 10.2 Å². The number of aromatic amines is 1. The first kappa shape index (κ1) is 14.0. The molecule has 1 rings (SSSR count). The summed E-state index contributed by atoms with van der Waals surface area (Å²) in [6, 6.07) is -0.524. The number of carboxylic acid groups (broad SMARTS) is 1. The average molecular weight is 271 g/mol. The van der Waals surface area contributed by atoms with Gasteiger partial charge in [-0.15, -0.1) is 6.58 Å². The molecule has 0 saturated heterocycles. The molecule has 7 nitrogen and oxygen atoms in total. The Kier molecular flexibility index (Phi) is 5.12. The van der Waals surface area contributed by atoms with Crippen LogP contribution >= 0.6 is 11.3 Å². The Balaban J connectivity index is 2.53. The van der Waals surface area contributed by atoms with Gasteiger partial charge >= 0.3 is 16.9 Å². The number of nitrogens with one attached hydrogen (secondary N) is 2. The van der Waals surface area contributed by atoms with Crippen LogP contribution in [-0.4, -0.2) is 40.1 Å². The molecule has 98 valence electrons. The average Bonchev–Trinajstić information content (AvgIpc) is 2.71. The fraction of sp³-hybridized carbons (Fsp3) is 0.300. The normalized spacial score (nSPS) is 9.78. The highest BCUT2D eigenvalue weighted by Crippen LogP contribution is 1.96. The number of carbonyl (C=O) groups is 2. The number of H-pyrrole nitrogens is 1. The smallest absolute Gasteiger partial charge is 0.323 e. The molecule has 0 atom stereocenters. The third kappa shape index (κ3) is 4.42. The third-order valence-electron chi connectivity index (χ3n) is 1.96. The summed E-state index contributed by atoms with van der Waals surface area (Å²) in [4.78, 5) is 36.5. The topological polar surface area (TPSA) is 102 Å². The van der Waals surface area contributed by atoms with Gasteiger partial charge in [0.2, 0.25) is 0 Å². The maximum absolute atomic E-state index is 11.7. The SMILES string of the molecule is C=CCN(CC(=O)O)C(=O)NCc1csc(=O)[nH]1. The lowest BCUT2D eigenvalue weighted by atomic mass is 10.4. The summed E-state index contributed by atoms with van der Waals surface area (Å²) in [5.41, 5.74) is 0.576. The van der Waals surface area contributed by atoms with Crippen molar-refractivity contribution in [2.45, 2.75) is 6.54 Å². The van der Waals surface area contributed by atoms with E-state index >= 15 is 0 Å². The first-order valence-corrected chi connectivity index (χ1v) is 5.93. The highest BCUT2D eigenvalue weighted by molar-refractivity contribution is 7.07. The van der Waals surface area contributed by atoms with Crippen molar-refractivity contribution in [2.75, 3.05) is 13.1 Å². The van der Waals surface area contributed by atoms with Crippen LogP contribution in [0.25, 0.3) is 0 Å². The van der Waals surface area contributed by atoms with Gasteiger partial charge in [-0.25, -0.2) is 4.79 Å². The fourth-order valence-corrected chi connectivity index (χ4v) is 1.80. The molecule has 18 heavy (non-hydrogen) atoms. The summed E-state index contributed by atoms with van der Waals surface area (Å²) < 4.78 is 0. The molecule has 0 aliphatic rings. The second-order valence-corrected chi connectivity index (χ2v) is 4.24. The van der Waals surface area contributed by atoms with Crippen molar-refractivity contribution >= 4 is 23.3 Å².